The maximum absolute atomic E-state index is 11.2. The predicted octanol–water partition coefficient (Wildman–Crippen LogP) is -1.07. The first-order valence-electron chi connectivity index (χ1n) is 4.65. The normalized spacial score (nSPS) is 16.1. The van der Waals surface area contributed by atoms with Crippen molar-refractivity contribution in [1.82, 2.24) is 14.8 Å². The molecule has 1 saturated carbocycles. The maximum Gasteiger partial charge on any atom is 0.406 e. The third kappa shape index (κ3) is 5.55. The van der Waals surface area contributed by atoms with E-state index in [9.17, 15) is 13.2 Å². The largest absolute Gasteiger partial charge is 0.448 e. The maximum atomic E-state index is 11.2. The molecular formula is C7H15N3O4S. The van der Waals surface area contributed by atoms with Crippen LogP contribution in [0.5, 0.6) is 0 Å². The van der Waals surface area contributed by atoms with Crippen molar-refractivity contribution in [1.29, 1.82) is 0 Å². The minimum Gasteiger partial charge on any atom is -0.448 e. The van der Waals surface area contributed by atoms with E-state index in [4.69, 9.17) is 0 Å². The highest BCUT2D eigenvalue weighted by Crippen LogP contribution is 2.19. The Morgan fingerprint density at radius 3 is 2.67 bits per heavy atom. The number of amides is 1. The summed E-state index contributed by atoms with van der Waals surface area (Å²) in [6, 6.07) is 0.0716. The van der Waals surface area contributed by atoms with E-state index in [1.807, 2.05) is 0 Å². The number of carbonyl (C=O) groups excluding carboxylic acids is 1. The lowest BCUT2D eigenvalue weighted by atomic mass is 10.7. The fourth-order valence-electron chi connectivity index (χ4n) is 0.854. The molecule has 0 saturated heterocycles. The second-order valence-electron chi connectivity index (χ2n) is 3.18. The Morgan fingerprint density at radius 2 is 2.13 bits per heavy atom. The van der Waals surface area contributed by atoms with Crippen molar-refractivity contribution in [2.24, 2.45) is 0 Å². The molecule has 1 aliphatic carbocycles. The Kier molecular flexibility index (Phi) is 4.30. The molecule has 0 radical (unpaired) electrons. The molecule has 1 rings (SSSR count). The van der Waals surface area contributed by atoms with E-state index in [-0.39, 0.29) is 19.2 Å². The molecule has 3 N–H and O–H groups in total. The third-order valence-corrected chi connectivity index (χ3v) is 2.96. The number of nitrogens with one attached hydrogen (secondary N) is 3. The van der Waals surface area contributed by atoms with Gasteiger partial charge in [0.25, 0.3) is 10.2 Å². The van der Waals surface area contributed by atoms with E-state index >= 15 is 0 Å². The number of alkyl carbamates (subject to hydrolysis) is 1. The van der Waals surface area contributed by atoms with Crippen LogP contribution in [-0.4, -0.2) is 40.8 Å². The molecule has 0 atom stereocenters. The zero-order valence-corrected chi connectivity index (χ0v) is 9.26. The summed E-state index contributed by atoms with van der Waals surface area (Å²) in [7, 11) is -2.00. The Bertz CT molecular complexity index is 312. The van der Waals surface area contributed by atoms with Gasteiger partial charge >= 0.3 is 6.09 Å². The fraction of sp³-hybridized carbons (Fsp3) is 0.857. The molecular weight excluding hydrogens is 222 g/mol. The summed E-state index contributed by atoms with van der Waals surface area (Å²) in [4.78, 5) is 10.6. The van der Waals surface area contributed by atoms with Crippen molar-refractivity contribution in [3.05, 3.63) is 0 Å². The fourth-order valence-corrected chi connectivity index (χ4v) is 1.96. The van der Waals surface area contributed by atoms with Gasteiger partial charge in [-0.2, -0.15) is 17.9 Å². The Hall–Kier alpha value is -0.860. The van der Waals surface area contributed by atoms with Gasteiger partial charge in [-0.05, 0) is 12.8 Å². The molecule has 88 valence electrons. The Morgan fingerprint density at radius 1 is 1.47 bits per heavy atom. The highest BCUT2D eigenvalue weighted by atomic mass is 32.2. The summed E-state index contributed by atoms with van der Waals surface area (Å²) in [5, 5.41) is 2.25. The second kappa shape index (κ2) is 5.29. The molecule has 0 aromatic carbocycles. The van der Waals surface area contributed by atoms with E-state index in [2.05, 4.69) is 19.5 Å². The minimum atomic E-state index is -3.43. The Labute approximate surface area is 88.7 Å². The molecule has 15 heavy (non-hydrogen) atoms. The average molecular weight is 237 g/mol. The number of ether oxygens (including phenoxy) is 1. The van der Waals surface area contributed by atoms with E-state index in [0.717, 1.165) is 12.8 Å². The monoisotopic (exact) mass is 237 g/mol. The lowest BCUT2D eigenvalue weighted by molar-refractivity contribution is 0.150. The van der Waals surface area contributed by atoms with Gasteiger partial charge in [0.15, 0.2) is 0 Å². The molecule has 0 heterocycles. The first-order valence-corrected chi connectivity index (χ1v) is 6.13. The van der Waals surface area contributed by atoms with Crippen molar-refractivity contribution in [3.8, 4) is 0 Å². The lowest BCUT2D eigenvalue weighted by Gasteiger charge is -2.07. The quantitative estimate of drug-likeness (QED) is 0.512. The van der Waals surface area contributed by atoms with Gasteiger partial charge in [0, 0.05) is 19.6 Å². The van der Waals surface area contributed by atoms with Crippen molar-refractivity contribution in [3.63, 3.8) is 0 Å². The first-order chi connectivity index (χ1) is 7.03. The third-order valence-electron chi connectivity index (χ3n) is 1.73. The zero-order chi connectivity index (χ0) is 11.3. The van der Waals surface area contributed by atoms with Crippen LogP contribution in [0, 0.1) is 0 Å². The molecule has 7 nitrogen and oxygen atoms in total. The van der Waals surface area contributed by atoms with Gasteiger partial charge in [-0.1, -0.05) is 0 Å². The molecule has 0 bridgehead atoms. The standard InChI is InChI=1S/C7H15N3O4S/c1-8-7(11)14-5-4-9-15(12,13)10-6-2-3-6/h6,9-10H,2-5H2,1H3,(H,8,11). The average Bonchev–Trinajstić information content (AvgIpc) is 2.95. The van der Waals surface area contributed by atoms with Crippen LogP contribution in [0.3, 0.4) is 0 Å². The Balaban J connectivity index is 2.10. The summed E-state index contributed by atoms with van der Waals surface area (Å²) in [6.45, 7) is 0.0702. The van der Waals surface area contributed by atoms with Gasteiger partial charge in [0.05, 0.1) is 0 Å². The summed E-state index contributed by atoms with van der Waals surface area (Å²) in [5.41, 5.74) is 0. The van der Waals surface area contributed by atoms with Crippen molar-refractivity contribution >= 4 is 16.3 Å². The number of carbonyl (C=O) groups is 1. The zero-order valence-electron chi connectivity index (χ0n) is 8.45. The topological polar surface area (TPSA) is 96.5 Å². The molecule has 1 aliphatic rings. The molecule has 0 aromatic heterocycles. The molecule has 0 aliphatic heterocycles. The molecule has 8 heteroatoms. The van der Waals surface area contributed by atoms with Crippen LogP contribution in [-0.2, 0) is 14.9 Å². The highest BCUT2D eigenvalue weighted by Gasteiger charge is 2.26. The van der Waals surface area contributed by atoms with Crippen LogP contribution in [0.25, 0.3) is 0 Å². The highest BCUT2D eigenvalue weighted by molar-refractivity contribution is 7.87. The summed E-state index contributed by atoms with van der Waals surface area (Å²) >= 11 is 0. The number of hydrogen-bond donors (Lipinski definition) is 3. The van der Waals surface area contributed by atoms with Gasteiger partial charge in [-0.15, -0.1) is 0 Å². The van der Waals surface area contributed by atoms with Crippen LogP contribution < -0.4 is 14.8 Å². The smallest absolute Gasteiger partial charge is 0.406 e. The molecule has 0 unspecified atom stereocenters. The van der Waals surface area contributed by atoms with E-state index in [0.29, 0.717) is 0 Å². The molecule has 1 fully saturated rings. The molecule has 1 amide bonds. The van der Waals surface area contributed by atoms with E-state index in [1.165, 1.54) is 7.05 Å². The lowest BCUT2D eigenvalue weighted by Crippen LogP contribution is -2.39. The van der Waals surface area contributed by atoms with Gasteiger partial charge < -0.3 is 10.1 Å². The van der Waals surface area contributed by atoms with Crippen LogP contribution in [0.4, 0.5) is 4.79 Å². The van der Waals surface area contributed by atoms with Crippen molar-refractivity contribution < 1.29 is 17.9 Å². The minimum absolute atomic E-state index is 0.00521. The second-order valence-corrected chi connectivity index (χ2v) is 4.71. The van der Waals surface area contributed by atoms with Crippen molar-refractivity contribution in [2.75, 3.05) is 20.2 Å². The van der Waals surface area contributed by atoms with E-state index < -0.39 is 16.3 Å². The first kappa shape index (κ1) is 12.2. The SMILES string of the molecule is CNC(=O)OCCNS(=O)(=O)NC1CC1. The van der Waals surface area contributed by atoms with Crippen LogP contribution in [0.2, 0.25) is 0 Å². The van der Waals surface area contributed by atoms with Crippen molar-refractivity contribution in [2.45, 2.75) is 18.9 Å². The summed E-state index contributed by atoms with van der Waals surface area (Å²) < 4.78 is 31.7. The predicted molar refractivity (Wildman–Crippen MR) is 53.5 cm³/mol. The van der Waals surface area contributed by atoms with Crippen LogP contribution in [0.1, 0.15) is 12.8 Å². The van der Waals surface area contributed by atoms with Crippen LogP contribution >= 0.6 is 0 Å². The van der Waals surface area contributed by atoms with Crippen LogP contribution in [0.15, 0.2) is 0 Å². The van der Waals surface area contributed by atoms with Gasteiger partial charge in [0.1, 0.15) is 6.61 Å². The van der Waals surface area contributed by atoms with Gasteiger partial charge in [-0.3, -0.25) is 0 Å². The molecule has 0 aromatic rings. The number of rotatable bonds is 6. The number of hydrogen-bond acceptors (Lipinski definition) is 4. The van der Waals surface area contributed by atoms with Gasteiger partial charge in [0.2, 0.25) is 0 Å². The van der Waals surface area contributed by atoms with E-state index in [1.54, 1.807) is 0 Å². The van der Waals surface area contributed by atoms with Gasteiger partial charge in [-0.25, -0.2) is 4.79 Å². The molecule has 0 spiro atoms. The summed E-state index contributed by atoms with van der Waals surface area (Å²) in [6.07, 6.45) is 1.19. The summed E-state index contributed by atoms with van der Waals surface area (Å²) in [5.74, 6) is 0.